The van der Waals surface area contributed by atoms with Crippen LogP contribution in [0.4, 0.5) is 0 Å². The lowest BCUT2D eigenvalue weighted by Crippen LogP contribution is -1.85. The normalized spacial score (nSPS) is 10.6. The second-order valence-electron chi connectivity index (χ2n) is 4.85. The lowest BCUT2D eigenvalue weighted by atomic mass is 10.0. The molecular formula is C16H15NO. The van der Waals surface area contributed by atoms with Gasteiger partial charge in [-0.15, -0.1) is 0 Å². The Balaban J connectivity index is 2.84. The molecule has 0 N–H and O–H groups in total. The highest BCUT2D eigenvalue weighted by molar-refractivity contribution is 5.94. The van der Waals surface area contributed by atoms with Gasteiger partial charge in [-0.05, 0) is 35.6 Å². The second-order valence-corrected chi connectivity index (χ2v) is 4.85. The number of carbonyl (C=O) groups is 1. The standard InChI is InChI=1S/C16H15NO/c1-10(2)12-5-4-11(3)16-13(8-17)6-14(9-18)15(16)7-12/h4-7,9-10H,1-3H3. The molecule has 90 valence electrons. The molecule has 0 amide bonds. The molecule has 2 rings (SSSR count). The van der Waals surface area contributed by atoms with E-state index in [1.165, 1.54) is 5.56 Å². The van der Waals surface area contributed by atoms with Gasteiger partial charge < -0.3 is 0 Å². The van der Waals surface area contributed by atoms with Gasteiger partial charge in [0, 0.05) is 11.1 Å². The number of fused-ring (bicyclic) bond motifs is 1. The van der Waals surface area contributed by atoms with Crippen LogP contribution in [-0.4, -0.2) is 6.29 Å². The minimum absolute atomic E-state index is 0.389. The first kappa shape index (κ1) is 12.3. The number of nitriles is 1. The van der Waals surface area contributed by atoms with E-state index >= 15 is 0 Å². The first-order valence-corrected chi connectivity index (χ1v) is 6.01. The number of hydrogen-bond donors (Lipinski definition) is 0. The third kappa shape index (κ3) is 1.89. The largest absolute Gasteiger partial charge is 0.298 e. The van der Waals surface area contributed by atoms with Gasteiger partial charge in [-0.2, -0.15) is 5.26 Å². The fourth-order valence-electron chi connectivity index (χ4n) is 2.24. The highest BCUT2D eigenvalue weighted by Gasteiger charge is 2.17. The van der Waals surface area contributed by atoms with Crippen LogP contribution < -0.4 is 0 Å². The smallest absolute Gasteiger partial charge is 0.150 e. The predicted octanol–water partition coefficient (Wildman–Crippen LogP) is 3.91. The van der Waals surface area contributed by atoms with Crippen LogP contribution in [0.2, 0.25) is 0 Å². The molecule has 0 unspecified atom stereocenters. The summed E-state index contributed by atoms with van der Waals surface area (Å²) in [4.78, 5) is 11.1. The van der Waals surface area contributed by atoms with Crippen molar-refractivity contribution in [3.05, 3.63) is 46.5 Å². The van der Waals surface area contributed by atoms with Crippen molar-refractivity contribution in [3.8, 4) is 17.2 Å². The molecule has 0 saturated carbocycles. The molecular weight excluding hydrogens is 222 g/mol. The van der Waals surface area contributed by atoms with Gasteiger partial charge in [0.15, 0.2) is 6.29 Å². The van der Waals surface area contributed by atoms with E-state index in [9.17, 15) is 4.79 Å². The molecule has 0 aliphatic heterocycles. The van der Waals surface area contributed by atoms with Crippen LogP contribution in [0.15, 0.2) is 24.3 Å². The lowest BCUT2D eigenvalue weighted by Gasteiger charge is -2.03. The SMILES string of the molecule is Cc1ccc(C(C)C)cc2c(C=O)cc(C#N)c1-2. The summed E-state index contributed by atoms with van der Waals surface area (Å²) < 4.78 is 0. The zero-order chi connectivity index (χ0) is 13.3. The Morgan fingerprint density at radius 3 is 2.56 bits per heavy atom. The summed E-state index contributed by atoms with van der Waals surface area (Å²) in [5.74, 6) is 0.389. The van der Waals surface area contributed by atoms with Crippen molar-refractivity contribution in [2.45, 2.75) is 26.7 Å². The molecule has 2 aliphatic rings. The van der Waals surface area contributed by atoms with Gasteiger partial charge in [0.1, 0.15) is 0 Å². The molecule has 0 radical (unpaired) electrons. The molecule has 18 heavy (non-hydrogen) atoms. The zero-order valence-corrected chi connectivity index (χ0v) is 10.8. The molecule has 2 nitrogen and oxygen atoms in total. The van der Waals surface area contributed by atoms with Gasteiger partial charge in [-0.3, -0.25) is 4.79 Å². The first-order valence-electron chi connectivity index (χ1n) is 6.01. The molecule has 2 aliphatic carbocycles. The van der Waals surface area contributed by atoms with Gasteiger partial charge in [0.2, 0.25) is 0 Å². The molecule has 0 atom stereocenters. The van der Waals surface area contributed by atoms with Crippen LogP contribution in [0.25, 0.3) is 11.1 Å². The number of hydrogen-bond acceptors (Lipinski definition) is 2. The van der Waals surface area contributed by atoms with Crippen molar-refractivity contribution >= 4 is 6.29 Å². The fourth-order valence-corrected chi connectivity index (χ4v) is 2.24. The molecule has 0 spiro atoms. The highest BCUT2D eigenvalue weighted by atomic mass is 16.1. The van der Waals surface area contributed by atoms with Crippen LogP contribution in [-0.2, 0) is 0 Å². The Morgan fingerprint density at radius 1 is 1.28 bits per heavy atom. The Morgan fingerprint density at radius 2 is 2.00 bits per heavy atom. The van der Waals surface area contributed by atoms with E-state index in [4.69, 9.17) is 5.26 Å². The van der Waals surface area contributed by atoms with E-state index < -0.39 is 0 Å². The molecule has 0 saturated heterocycles. The van der Waals surface area contributed by atoms with Crippen molar-refractivity contribution in [1.29, 1.82) is 5.26 Å². The zero-order valence-electron chi connectivity index (χ0n) is 10.8. The molecule has 0 bridgehead atoms. The van der Waals surface area contributed by atoms with Crippen LogP contribution in [0.5, 0.6) is 0 Å². The number of aldehydes is 1. The molecule has 2 heteroatoms. The second kappa shape index (κ2) is 4.62. The van der Waals surface area contributed by atoms with Gasteiger partial charge in [0.25, 0.3) is 0 Å². The minimum atomic E-state index is 0.389. The number of nitrogens with zero attached hydrogens (tertiary/aromatic N) is 1. The van der Waals surface area contributed by atoms with Crippen LogP contribution in [0.3, 0.4) is 0 Å². The van der Waals surface area contributed by atoms with E-state index in [2.05, 4.69) is 26.0 Å². The third-order valence-corrected chi connectivity index (χ3v) is 3.29. The Kier molecular flexibility index (Phi) is 3.16. The average Bonchev–Trinajstić information content (AvgIpc) is 2.61. The topological polar surface area (TPSA) is 40.9 Å². The van der Waals surface area contributed by atoms with Crippen molar-refractivity contribution < 1.29 is 4.79 Å². The summed E-state index contributed by atoms with van der Waals surface area (Å²) in [6.45, 7) is 6.21. The quantitative estimate of drug-likeness (QED) is 0.743. The van der Waals surface area contributed by atoms with Gasteiger partial charge in [-0.1, -0.05) is 32.0 Å². The van der Waals surface area contributed by atoms with E-state index in [0.717, 1.165) is 23.0 Å². The minimum Gasteiger partial charge on any atom is -0.298 e. The van der Waals surface area contributed by atoms with Crippen molar-refractivity contribution in [3.63, 3.8) is 0 Å². The first-order chi connectivity index (χ1) is 8.58. The maximum atomic E-state index is 11.1. The summed E-state index contributed by atoms with van der Waals surface area (Å²) in [7, 11) is 0. The van der Waals surface area contributed by atoms with Crippen LogP contribution in [0, 0.1) is 18.3 Å². The summed E-state index contributed by atoms with van der Waals surface area (Å²) in [6, 6.07) is 9.96. The molecule has 0 aromatic heterocycles. The number of aryl methyl sites for hydroxylation is 1. The third-order valence-electron chi connectivity index (χ3n) is 3.29. The summed E-state index contributed by atoms with van der Waals surface area (Å²) in [5, 5.41) is 9.16. The molecule has 0 fully saturated rings. The van der Waals surface area contributed by atoms with E-state index in [0.29, 0.717) is 17.0 Å². The maximum absolute atomic E-state index is 11.1. The monoisotopic (exact) mass is 237 g/mol. The summed E-state index contributed by atoms with van der Waals surface area (Å²) in [6.07, 6.45) is 0.826. The number of rotatable bonds is 2. The van der Waals surface area contributed by atoms with Gasteiger partial charge >= 0.3 is 0 Å². The van der Waals surface area contributed by atoms with Crippen molar-refractivity contribution in [2.75, 3.05) is 0 Å². The fraction of sp³-hybridized carbons (Fsp3) is 0.250. The van der Waals surface area contributed by atoms with Crippen LogP contribution in [0.1, 0.15) is 46.8 Å². The lowest BCUT2D eigenvalue weighted by molar-refractivity contribution is 0.112. The predicted molar refractivity (Wildman–Crippen MR) is 72.0 cm³/mol. The molecule has 0 aromatic rings. The summed E-state index contributed by atoms with van der Waals surface area (Å²) >= 11 is 0. The Bertz CT molecular complexity index is 620. The summed E-state index contributed by atoms with van der Waals surface area (Å²) in [5.41, 5.74) is 5.16. The Labute approximate surface area is 107 Å². The highest BCUT2D eigenvalue weighted by Crippen LogP contribution is 2.35. The van der Waals surface area contributed by atoms with Gasteiger partial charge in [-0.25, -0.2) is 0 Å². The molecule has 0 aromatic carbocycles. The Hall–Kier alpha value is -2.14. The maximum Gasteiger partial charge on any atom is 0.150 e. The van der Waals surface area contributed by atoms with Crippen molar-refractivity contribution in [1.82, 2.24) is 0 Å². The molecule has 0 heterocycles. The van der Waals surface area contributed by atoms with Crippen molar-refractivity contribution in [2.24, 2.45) is 0 Å². The van der Waals surface area contributed by atoms with Crippen LogP contribution >= 0.6 is 0 Å². The van der Waals surface area contributed by atoms with E-state index in [1.807, 2.05) is 19.1 Å². The average molecular weight is 237 g/mol. The van der Waals surface area contributed by atoms with Gasteiger partial charge in [0.05, 0.1) is 11.6 Å². The number of carbonyl (C=O) groups excluding carboxylic acids is 1. The van der Waals surface area contributed by atoms with E-state index in [-0.39, 0.29) is 0 Å². The van der Waals surface area contributed by atoms with E-state index in [1.54, 1.807) is 6.07 Å².